The van der Waals surface area contributed by atoms with E-state index in [0.717, 1.165) is 5.56 Å². The molecule has 5 heteroatoms. The Kier molecular flexibility index (Phi) is 5.96. The van der Waals surface area contributed by atoms with Crippen LogP contribution in [-0.2, 0) is 9.53 Å². The van der Waals surface area contributed by atoms with Gasteiger partial charge in [-0.3, -0.25) is 9.78 Å². The maximum atomic E-state index is 11.4. The van der Waals surface area contributed by atoms with E-state index in [-0.39, 0.29) is 6.42 Å². The zero-order valence-corrected chi connectivity index (χ0v) is 11.0. The van der Waals surface area contributed by atoms with Gasteiger partial charge in [0.25, 0.3) is 5.91 Å². The molecule has 1 amide bonds. The monoisotopic (exact) mass is 257 g/mol. The van der Waals surface area contributed by atoms with Gasteiger partial charge in [-0.1, -0.05) is 0 Å². The molecule has 0 radical (unpaired) electrons. The second-order valence-electron chi connectivity index (χ2n) is 3.65. The van der Waals surface area contributed by atoms with Crippen molar-refractivity contribution in [3.8, 4) is 6.07 Å². The Hall–Kier alpha value is -2.48. The van der Waals surface area contributed by atoms with Gasteiger partial charge in [0.1, 0.15) is 6.42 Å². The summed E-state index contributed by atoms with van der Waals surface area (Å²) in [5, 5.41) is 8.46. The number of nitriles is 1. The number of aromatic nitrogens is 1. The number of carbonyl (C=O) groups is 1. The van der Waals surface area contributed by atoms with Crippen molar-refractivity contribution in [2.75, 3.05) is 6.61 Å². The Balaban J connectivity index is 3.06. The van der Waals surface area contributed by atoms with Crippen LogP contribution in [0.25, 0.3) is 5.57 Å². The van der Waals surface area contributed by atoms with Crippen molar-refractivity contribution in [3.63, 3.8) is 0 Å². The highest BCUT2D eigenvalue weighted by Crippen LogP contribution is 2.16. The zero-order chi connectivity index (χ0) is 14.1. The molecule has 0 saturated heterocycles. The van der Waals surface area contributed by atoms with Crippen LogP contribution in [0, 0.1) is 11.3 Å². The van der Waals surface area contributed by atoms with Gasteiger partial charge in [0.2, 0.25) is 0 Å². The lowest BCUT2D eigenvalue weighted by atomic mass is 10.0. The van der Waals surface area contributed by atoms with E-state index in [1.807, 2.05) is 6.92 Å². The topological polar surface area (TPSA) is 75.3 Å². The second kappa shape index (κ2) is 7.77. The highest BCUT2D eigenvalue weighted by molar-refractivity contribution is 6.24. The Morgan fingerprint density at radius 3 is 2.79 bits per heavy atom. The van der Waals surface area contributed by atoms with Crippen molar-refractivity contribution in [2.45, 2.75) is 20.3 Å². The van der Waals surface area contributed by atoms with Crippen molar-refractivity contribution in [1.29, 1.82) is 5.26 Å². The fourth-order valence-corrected chi connectivity index (χ4v) is 1.41. The molecule has 0 atom stereocenters. The van der Waals surface area contributed by atoms with Gasteiger partial charge >= 0.3 is 0 Å². The number of hydrogen-bond acceptors (Lipinski definition) is 4. The number of hydrogen-bond donors (Lipinski definition) is 0. The first-order valence-electron chi connectivity index (χ1n) is 5.86. The molecule has 0 aromatic carbocycles. The predicted molar refractivity (Wildman–Crippen MR) is 72.2 cm³/mol. The molecule has 1 aromatic heterocycles. The van der Waals surface area contributed by atoms with Crippen LogP contribution in [0.4, 0.5) is 0 Å². The largest absolute Gasteiger partial charge is 0.501 e. The molecule has 98 valence electrons. The van der Waals surface area contributed by atoms with E-state index in [0.29, 0.717) is 17.9 Å². The minimum atomic E-state index is -0.462. The molecule has 0 fully saturated rings. The number of nitrogens with zero attached hydrogens (tertiary/aromatic N) is 3. The fourth-order valence-electron chi connectivity index (χ4n) is 1.41. The SMILES string of the molecule is CCOC=C(C(C)=NC(=O)CC#N)c1ccncc1. The predicted octanol–water partition coefficient (Wildman–Crippen LogP) is 2.36. The Morgan fingerprint density at radius 2 is 2.21 bits per heavy atom. The Labute approximate surface area is 112 Å². The van der Waals surface area contributed by atoms with Gasteiger partial charge < -0.3 is 4.74 Å². The molecule has 0 aliphatic rings. The van der Waals surface area contributed by atoms with Crippen molar-refractivity contribution < 1.29 is 9.53 Å². The van der Waals surface area contributed by atoms with Crippen LogP contribution in [0.2, 0.25) is 0 Å². The van der Waals surface area contributed by atoms with Crippen molar-refractivity contribution >= 4 is 17.2 Å². The van der Waals surface area contributed by atoms with Gasteiger partial charge in [0.05, 0.1) is 24.6 Å². The number of ether oxygens (including phenoxy) is 1. The molecule has 5 nitrogen and oxygen atoms in total. The van der Waals surface area contributed by atoms with E-state index in [1.54, 1.807) is 43.8 Å². The van der Waals surface area contributed by atoms with Gasteiger partial charge in [-0.2, -0.15) is 5.26 Å². The molecule has 1 heterocycles. The smallest absolute Gasteiger partial charge is 0.260 e. The lowest BCUT2D eigenvalue weighted by molar-refractivity contribution is -0.116. The summed E-state index contributed by atoms with van der Waals surface area (Å²) < 4.78 is 5.27. The van der Waals surface area contributed by atoms with Gasteiger partial charge in [0, 0.05) is 18.0 Å². The molecular formula is C14H15N3O2. The van der Waals surface area contributed by atoms with E-state index in [2.05, 4.69) is 9.98 Å². The van der Waals surface area contributed by atoms with Crippen molar-refractivity contribution in [3.05, 3.63) is 36.4 Å². The van der Waals surface area contributed by atoms with Gasteiger partial charge in [0.15, 0.2) is 0 Å². The van der Waals surface area contributed by atoms with E-state index >= 15 is 0 Å². The van der Waals surface area contributed by atoms with Gasteiger partial charge in [-0.25, -0.2) is 4.99 Å². The number of rotatable bonds is 5. The third-order valence-electron chi connectivity index (χ3n) is 2.27. The average Bonchev–Trinajstić information content (AvgIpc) is 2.40. The van der Waals surface area contributed by atoms with E-state index in [4.69, 9.17) is 10.00 Å². The molecule has 0 aliphatic heterocycles. The number of pyridine rings is 1. The number of allylic oxidation sites excluding steroid dienone is 1. The van der Waals surface area contributed by atoms with Crippen LogP contribution in [-0.4, -0.2) is 23.2 Å². The molecule has 1 aromatic rings. The quantitative estimate of drug-likeness (QED) is 0.599. The molecule has 1 rings (SSSR count). The maximum Gasteiger partial charge on any atom is 0.260 e. The van der Waals surface area contributed by atoms with Crippen LogP contribution >= 0.6 is 0 Å². The van der Waals surface area contributed by atoms with E-state index in [1.165, 1.54) is 0 Å². The lowest BCUT2D eigenvalue weighted by Crippen LogP contribution is -2.03. The van der Waals surface area contributed by atoms with Crippen LogP contribution in [0.1, 0.15) is 25.8 Å². The van der Waals surface area contributed by atoms with Crippen LogP contribution in [0.3, 0.4) is 0 Å². The molecule has 0 unspecified atom stereocenters. The molecule has 19 heavy (non-hydrogen) atoms. The summed E-state index contributed by atoms with van der Waals surface area (Å²) in [6, 6.07) is 5.39. The summed E-state index contributed by atoms with van der Waals surface area (Å²) >= 11 is 0. The van der Waals surface area contributed by atoms with Gasteiger partial charge in [-0.05, 0) is 31.5 Å². The Bertz CT molecular complexity index is 527. The third-order valence-corrected chi connectivity index (χ3v) is 2.27. The molecule has 0 N–H and O–H groups in total. The first kappa shape index (κ1) is 14.6. The number of amides is 1. The standard InChI is InChI=1S/C14H15N3O2/c1-3-19-10-13(12-5-8-16-9-6-12)11(2)17-14(18)4-7-15/h5-6,8-10H,3-4H2,1-2H3. The summed E-state index contributed by atoms with van der Waals surface area (Å²) in [5.41, 5.74) is 2.07. The van der Waals surface area contributed by atoms with Crippen molar-refractivity contribution in [1.82, 2.24) is 4.98 Å². The van der Waals surface area contributed by atoms with E-state index < -0.39 is 5.91 Å². The molecule has 0 bridgehead atoms. The van der Waals surface area contributed by atoms with Crippen molar-refractivity contribution in [2.24, 2.45) is 4.99 Å². The highest BCUT2D eigenvalue weighted by Gasteiger charge is 2.08. The first-order chi connectivity index (χ1) is 9.19. The average molecular weight is 257 g/mol. The van der Waals surface area contributed by atoms with Crippen LogP contribution in [0.5, 0.6) is 0 Å². The molecule has 0 saturated carbocycles. The van der Waals surface area contributed by atoms with Gasteiger partial charge in [-0.15, -0.1) is 0 Å². The zero-order valence-electron chi connectivity index (χ0n) is 11.0. The summed E-state index contributed by atoms with van der Waals surface area (Å²) in [4.78, 5) is 19.2. The molecule has 0 spiro atoms. The first-order valence-corrected chi connectivity index (χ1v) is 5.86. The Morgan fingerprint density at radius 1 is 1.53 bits per heavy atom. The maximum absolute atomic E-state index is 11.4. The lowest BCUT2D eigenvalue weighted by Gasteiger charge is -2.07. The highest BCUT2D eigenvalue weighted by atomic mass is 16.5. The van der Waals surface area contributed by atoms with Crippen LogP contribution < -0.4 is 0 Å². The minimum Gasteiger partial charge on any atom is -0.501 e. The summed E-state index contributed by atoms with van der Waals surface area (Å²) in [6.07, 6.45) is 4.64. The fraction of sp³-hybridized carbons (Fsp3) is 0.286. The summed E-state index contributed by atoms with van der Waals surface area (Å²) in [6.45, 7) is 4.10. The minimum absolute atomic E-state index is 0.227. The second-order valence-corrected chi connectivity index (χ2v) is 3.65. The van der Waals surface area contributed by atoms with E-state index in [9.17, 15) is 4.79 Å². The molecular weight excluding hydrogens is 242 g/mol. The van der Waals surface area contributed by atoms with Crippen LogP contribution in [0.15, 0.2) is 35.8 Å². The normalized spacial score (nSPS) is 11.8. The third kappa shape index (κ3) is 4.72. The number of carbonyl (C=O) groups excluding carboxylic acids is 1. The summed E-state index contributed by atoms with van der Waals surface area (Å²) in [7, 11) is 0. The number of aliphatic imine (C=N–C) groups is 1. The summed E-state index contributed by atoms with van der Waals surface area (Å²) in [5.74, 6) is -0.462. The molecule has 0 aliphatic carbocycles.